The van der Waals surface area contributed by atoms with Crippen molar-refractivity contribution in [1.29, 1.82) is 0 Å². The van der Waals surface area contributed by atoms with Crippen LogP contribution in [0.4, 0.5) is 0 Å². The van der Waals surface area contributed by atoms with Crippen LogP contribution in [-0.2, 0) is 27.2 Å². The van der Waals surface area contributed by atoms with Gasteiger partial charge in [-0.2, -0.15) is 0 Å². The zero-order valence-electron chi connectivity index (χ0n) is 5.79. The van der Waals surface area contributed by atoms with Crippen molar-refractivity contribution in [2.75, 3.05) is 0 Å². The summed E-state index contributed by atoms with van der Waals surface area (Å²) in [7, 11) is 0. The van der Waals surface area contributed by atoms with Gasteiger partial charge in [-0.1, -0.05) is 13.8 Å². The van der Waals surface area contributed by atoms with E-state index in [0.29, 0.717) is 0 Å². The van der Waals surface area contributed by atoms with Crippen molar-refractivity contribution >= 4 is 5.97 Å². The first-order chi connectivity index (χ1) is 3.72. The third kappa shape index (κ3) is 4.70. The molecular weight excluding hydrogens is 285 g/mol. The molecule has 0 heterocycles. The number of hydrogen-bond acceptors (Lipinski definition) is 1. The van der Waals surface area contributed by atoms with Gasteiger partial charge >= 0.3 is 5.97 Å². The molecule has 0 aromatic carbocycles. The Labute approximate surface area is 71.2 Å². The predicted molar refractivity (Wildman–Crippen MR) is 31.7 cm³/mol. The van der Waals surface area contributed by atoms with E-state index in [1.54, 1.807) is 0 Å². The van der Waals surface area contributed by atoms with E-state index in [1.165, 1.54) is 0 Å². The molecule has 0 aromatic rings. The summed E-state index contributed by atoms with van der Waals surface area (Å²) >= 11 is 0. The van der Waals surface area contributed by atoms with Gasteiger partial charge in [0.15, 0.2) is 0 Å². The molecule has 0 spiro atoms. The van der Waals surface area contributed by atoms with Gasteiger partial charge < -0.3 is 5.11 Å². The summed E-state index contributed by atoms with van der Waals surface area (Å²) in [5.41, 5.74) is 0. The smallest absolute Gasteiger partial charge is 0.306 e. The monoisotopic (exact) mass is 297 g/mol. The molecule has 0 aliphatic carbocycles. The van der Waals surface area contributed by atoms with Crippen LogP contribution >= 0.6 is 0 Å². The minimum absolute atomic E-state index is 0. The van der Waals surface area contributed by atoms with Crippen LogP contribution in [0.25, 0.3) is 0 Å². The quantitative estimate of drug-likeness (QED) is 0.857. The summed E-state index contributed by atoms with van der Waals surface area (Å²) in [4.78, 5) is 10.2. The van der Waals surface area contributed by atoms with Crippen LogP contribution in [0.3, 0.4) is 0 Å². The Morgan fingerprint density at radius 1 is 1.44 bits per heavy atom. The maximum atomic E-state index is 10.2. The Hall–Kier alpha value is 0.210. The Bertz CT molecular complexity index is 79.1. The molecule has 3 heteroatoms. The second-order valence-electron chi connectivity index (χ2n) is 1.85. The fourth-order valence-corrected chi connectivity index (χ4v) is 0.638. The van der Waals surface area contributed by atoms with Gasteiger partial charge in [-0.05, 0) is 12.8 Å². The fourth-order valence-electron chi connectivity index (χ4n) is 0.638. The maximum Gasteiger partial charge on any atom is 0.306 e. The van der Waals surface area contributed by atoms with E-state index in [1.807, 2.05) is 13.8 Å². The first kappa shape index (κ1) is 11.9. The van der Waals surface area contributed by atoms with Crippen LogP contribution < -0.4 is 0 Å². The molecule has 0 fully saturated rings. The van der Waals surface area contributed by atoms with Gasteiger partial charge in [0.1, 0.15) is 0 Å². The van der Waals surface area contributed by atoms with Gasteiger partial charge in [-0.15, -0.1) is 0 Å². The molecule has 1 radical (unpaired) electrons. The number of carboxylic acid groups (broad SMARTS) is 1. The van der Waals surface area contributed by atoms with Crippen LogP contribution in [0.5, 0.6) is 0 Å². The Morgan fingerprint density at radius 2 is 1.78 bits per heavy atom. The van der Waals surface area contributed by atoms with Gasteiger partial charge in [0, 0.05) is 22.4 Å². The average Bonchev–Trinajstić information content (AvgIpc) is 1.69. The standard InChI is InChI=1S/C6H12O2.Ta/c1-3-5(4-2)6(7)8;/h5H,3-4H2,1-2H3,(H,7,8);. The Balaban J connectivity index is 0. The van der Waals surface area contributed by atoms with Crippen molar-refractivity contribution in [2.45, 2.75) is 26.7 Å². The second-order valence-corrected chi connectivity index (χ2v) is 1.85. The summed E-state index contributed by atoms with van der Waals surface area (Å²) in [5.74, 6) is -0.801. The number of aliphatic carboxylic acids is 1. The number of carboxylic acids is 1. The van der Waals surface area contributed by atoms with E-state index < -0.39 is 5.97 Å². The zero-order valence-corrected chi connectivity index (χ0v) is 9.01. The molecule has 0 atom stereocenters. The van der Waals surface area contributed by atoms with E-state index in [0.717, 1.165) is 12.8 Å². The van der Waals surface area contributed by atoms with Crippen molar-refractivity contribution in [3.63, 3.8) is 0 Å². The van der Waals surface area contributed by atoms with Gasteiger partial charge in [0.25, 0.3) is 0 Å². The topological polar surface area (TPSA) is 37.3 Å². The van der Waals surface area contributed by atoms with Crippen LogP contribution in [0.15, 0.2) is 0 Å². The fraction of sp³-hybridized carbons (Fsp3) is 0.833. The van der Waals surface area contributed by atoms with Crippen molar-refractivity contribution in [3.8, 4) is 0 Å². The van der Waals surface area contributed by atoms with Crippen LogP contribution in [0, 0.1) is 5.92 Å². The van der Waals surface area contributed by atoms with Gasteiger partial charge in [-0.25, -0.2) is 0 Å². The molecule has 9 heavy (non-hydrogen) atoms. The molecule has 0 bridgehead atoms. The van der Waals surface area contributed by atoms with Gasteiger partial charge in [0.2, 0.25) is 0 Å². The molecule has 0 rings (SSSR count). The molecule has 0 aromatic heterocycles. The molecule has 0 saturated heterocycles. The molecule has 0 amide bonds. The minimum atomic E-state index is -0.671. The molecule has 1 N–H and O–H groups in total. The van der Waals surface area contributed by atoms with Crippen molar-refractivity contribution in [1.82, 2.24) is 0 Å². The summed E-state index contributed by atoms with van der Waals surface area (Å²) < 4.78 is 0. The molecule has 53 valence electrons. The van der Waals surface area contributed by atoms with Crippen LogP contribution in [-0.4, -0.2) is 11.1 Å². The number of rotatable bonds is 3. The Kier molecular flexibility index (Phi) is 8.40. The van der Waals surface area contributed by atoms with E-state index in [2.05, 4.69) is 0 Å². The molecular formula is C6H12O2Ta. The van der Waals surface area contributed by atoms with Crippen LogP contribution in [0.2, 0.25) is 0 Å². The molecule has 0 aliphatic rings. The Morgan fingerprint density at radius 3 is 1.78 bits per heavy atom. The summed E-state index contributed by atoms with van der Waals surface area (Å²) in [6.07, 6.45) is 1.48. The molecule has 0 saturated carbocycles. The SMILES string of the molecule is CCC(CC)C(=O)O.[Ta]. The number of hydrogen-bond donors (Lipinski definition) is 1. The van der Waals surface area contributed by atoms with Crippen molar-refractivity contribution in [2.24, 2.45) is 5.92 Å². The third-order valence-corrected chi connectivity index (χ3v) is 1.33. The molecule has 0 unspecified atom stereocenters. The van der Waals surface area contributed by atoms with E-state index in [4.69, 9.17) is 5.11 Å². The average molecular weight is 297 g/mol. The van der Waals surface area contributed by atoms with Gasteiger partial charge in [-0.3, -0.25) is 4.79 Å². The summed E-state index contributed by atoms with van der Waals surface area (Å²) in [6.45, 7) is 3.78. The van der Waals surface area contributed by atoms with Crippen LogP contribution in [0.1, 0.15) is 26.7 Å². The van der Waals surface area contributed by atoms with Crippen molar-refractivity contribution < 1.29 is 32.3 Å². The number of carbonyl (C=O) groups is 1. The van der Waals surface area contributed by atoms with E-state index >= 15 is 0 Å². The summed E-state index contributed by atoms with van der Waals surface area (Å²) in [5, 5.41) is 8.37. The van der Waals surface area contributed by atoms with E-state index in [9.17, 15) is 4.79 Å². The minimum Gasteiger partial charge on any atom is -0.481 e. The first-order valence-electron chi connectivity index (χ1n) is 2.95. The third-order valence-electron chi connectivity index (χ3n) is 1.33. The molecule has 0 aliphatic heterocycles. The second kappa shape index (κ2) is 6.33. The normalized spacial score (nSPS) is 8.78. The first-order valence-corrected chi connectivity index (χ1v) is 2.95. The zero-order chi connectivity index (χ0) is 6.57. The molecule has 2 nitrogen and oxygen atoms in total. The van der Waals surface area contributed by atoms with Crippen molar-refractivity contribution in [3.05, 3.63) is 0 Å². The van der Waals surface area contributed by atoms with Gasteiger partial charge in [0.05, 0.1) is 5.92 Å². The largest absolute Gasteiger partial charge is 0.481 e. The van der Waals surface area contributed by atoms with E-state index in [-0.39, 0.29) is 28.3 Å². The predicted octanol–water partition coefficient (Wildman–Crippen LogP) is 1.50. The maximum absolute atomic E-state index is 10.2. The summed E-state index contributed by atoms with van der Waals surface area (Å²) in [6, 6.07) is 0.